The lowest BCUT2D eigenvalue weighted by Crippen LogP contribution is -2.16. The number of carboxylic acid groups (broad SMARTS) is 1. The van der Waals surface area contributed by atoms with Crippen molar-refractivity contribution in [1.82, 2.24) is 0 Å². The van der Waals surface area contributed by atoms with E-state index in [4.69, 9.17) is 22.4 Å². The molecule has 94 valence electrons. The quantitative estimate of drug-likeness (QED) is 0.810. The minimum atomic E-state index is -4.86. The molecule has 0 atom stereocenters. The van der Waals surface area contributed by atoms with Crippen LogP contribution in [0.4, 0.5) is 18.9 Å². The van der Waals surface area contributed by atoms with Gasteiger partial charge < -0.3 is 15.6 Å². The topological polar surface area (TPSA) is 72.5 Å². The number of carbonyl (C=O) groups is 1. The van der Waals surface area contributed by atoms with Gasteiger partial charge in [0.2, 0.25) is 0 Å². The zero-order valence-electron chi connectivity index (χ0n) is 8.43. The van der Waals surface area contributed by atoms with Crippen molar-refractivity contribution in [3.05, 3.63) is 22.2 Å². The molecule has 0 aliphatic rings. The molecule has 0 unspecified atom stereocenters. The summed E-state index contributed by atoms with van der Waals surface area (Å²) < 4.78 is 42.4. The average Bonchev–Trinajstić information content (AvgIpc) is 2.15. The van der Waals surface area contributed by atoms with Crippen molar-refractivity contribution >= 4 is 23.3 Å². The summed E-state index contributed by atoms with van der Waals surface area (Å²) in [7, 11) is 1.12. The van der Waals surface area contributed by atoms with E-state index in [1.807, 2.05) is 0 Å². The summed E-state index contributed by atoms with van der Waals surface area (Å²) in [6, 6.07) is 0.472. The van der Waals surface area contributed by atoms with E-state index in [0.29, 0.717) is 6.07 Å². The maximum absolute atomic E-state index is 12.6. The molecule has 0 saturated carbocycles. The molecule has 0 amide bonds. The van der Waals surface area contributed by atoms with Crippen molar-refractivity contribution in [2.45, 2.75) is 6.18 Å². The number of anilines is 1. The molecule has 0 saturated heterocycles. The van der Waals surface area contributed by atoms with Crippen LogP contribution in [-0.2, 0) is 6.18 Å². The van der Waals surface area contributed by atoms with Crippen LogP contribution in [-0.4, -0.2) is 18.2 Å². The SMILES string of the molecule is COc1c(Cl)cc(C(F)(F)F)c(C(=O)O)c1N. The third kappa shape index (κ3) is 2.38. The predicted molar refractivity (Wildman–Crippen MR) is 54.4 cm³/mol. The van der Waals surface area contributed by atoms with Crippen LogP contribution in [0.1, 0.15) is 15.9 Å². The summed E-state index contributed by atoms with van der Waals surface area (Å²) in [4.78, 5) is 10.8. The molecule has 0 heterocycles. The third-order valence-electron chi connectivity index (χ3n) is 1.99. The largest absolute Gasteiger partial charge is 0.493 e. The highest BCUT2D eigenvalue weighted by Gasteiger charge is 2.38. The van der Waals surface area contributed by atoms with Crippen molar-refractivity contribution in [3.63, 3.8) is 0 Å². The Kier molecular flexibility index (Phi) is 3.42. The van der Waals surface area contributed by atoms with E-state index >= 15 is 0 Å². The maximum Gasteiger partial charge on any atom is 0.417 e. The molecule has 8 heteroatoms. The summed E-state index contributed by atoms with van der Waals surface area (Å²) >= 11 is 5.52. The van der Waals surface area contributed by atoms with Gasteiger partial charge in [-0.3, -0.25) is 0 Å². The fraction of sp³-hybridized carbons (Fsp3) is 0.222. The van der Waals surface area contributed by atoms with Gasteiger partial charge in [0.15, 0.2) is 5.75 Å². The van der Waals surface area contributed by atoms with E-state index in [1.54, 1.807) is 0 Å². The summed E-state index contributed by atoms with van der Waals surface area (Å²) in [6.07, 6.45) is -4.86. The zero-order chi connectivity index (χ0) is 13.4. The fourth-order valence-electron chi connectivity index (χ4n) is 1.31. The van der Waals surface area contributed by atoms with Crippen LogP contribution in [0, 0.1) is 0 Å². The number of halogens is 4. The van der Waals surface area contributed by atoms with E-state index in [2.05, 4.69) is 4.74 Å². The van der Waals surface area contributed by atoms with Crippen LogP contribution in [0.15, 0.2) is 6.07 Å². The number of aromatic carboxylic acids is 1. The van der Waals surface area contributed by atoms with Gasteiger partial charge in [-0.15, -0.1) is 0 Å². The summed E-state index contributed by atoms with van der Waals surface area (Å²) in [5.41, 5.74) is 2.17. The lowest BCUT2D eigenvalue weighted by Gasteiger charge is -2.15. The van der Waals surface area contributed by atoms with Crippen LogP contribution in [0.2, 0.25) is 5.02 Å². The van der Waals surface area contributed by atoms with Crippen molar-refractivity contribution in [1.29, 1.82) is 0 Å². The maximum atomic E-state index is 12.6. The molecule has 0 aromatic heterocycles. The van der Waals surface area contributed by atoms with Crippen LogP contribution >= 0.6 is 11.6 Å². The van der Waals surface area contributed by atoms with Crippen molar-refractivity contribution < 1.29 is 27.8 Å². The molecule has 0 spiro atoms. The summed E-state index contributed by atoms with van der Waals surface area (Å²) in [5.74, 6) is -2.10. The second kappa shape index (κ2) is 4.33. The molecular weight excluding hydrogens is 263 g/mol. The number of benzene rings is 1. The summed E-state index contributed by atoms with van der Waals surface area (Å²) in [6.45, 7) is 0. The van der Waals surface area contributed by atoms with Crippen molar-refractivity contribution in [2.75, 3.05) is 12.8 Å². The lowest BCUT2D eigenvalue weighted by molar-refractivity contribution is -0.138. The molecule has 0 aliphatic heterocycles. The molecule has 1 aromatic rings. The smallest absolute Gasteiger partial charge is 0.417 e. The Bertz CT molecular complexity index is 474. The van der Waals surface area contributed by atoms with Gasteiger partial charge in [-0.25, -0.2) is 4.79 Å². The number of hydrogen-bond donors (Lipinski definition) is 2. The van der Waals surface area contributed by atoms with E-state index in [0.717, 1.165) is 7.11 Å². The van der Waals surface area contributed by atoms with Crippen LogP contribution < -0.4 is 10.5 Å². The van der Waals surface area contributed by atoms with Gasteiger partial charge >= 0.3 is 12.1 Å². The van der Waals surface area contributed by atoms with Gasteiger partial charge in [-0.1, -0.05) is 11.6 Å². The first-order valence-electron chi connectivity index (χ1n) is 4.16. The van der Waals surface area contributed by atoms with Gasteiger partial charge in [0.1, 0.15) is 0 Å². The minimum Gasteiger partial charge on any atom is -0.493 e. The van der Waals surface area contributed by atoms with Crippen LogP contribution in [0.5, 0.6) is 5.75 Å². The molecule has 0 aliphatic carbocycles. The van der Waals surface area contributed by atoms with Crippen molar-refractivity contribution in [3.8, 4) is 5.75 Å². The number of carboxylic acids is 1. The minimum absolute atomic E-state index is 0.294. The molecule has 0 fully saturated rings. The first kappa shape index (κ1) is 13.4. The molecule has 3 N–H and O–H groups in total. The van der Waals surface area contributed by atoms with E-state index in [1.165, 1.54) is 0 Å². The summed E-state index contributed by atoms with van der Waals surface area (Å²) in [5, 5.41) is 8.34. The normalized spacial score (nSPS) is 11.4. The number of ether oxygens (including phenoxy) is 1. The lowest BCUT2D eigenvalue weighted by atomic mass is 10.0. The highest BCUT2D eigenvalue weighted by atomic mass is 35.5. The van der Waals surface area contributed by atoms with Gasteiger partial charge in [-0.2, -0.15) is 13.2 Å². The third-order valence-corrected chi connectivity index (χ3v) is 2.28. The molecule has 1 aromatic carbocycles. The Morgan fingerprint density at radius 2 is 2.06 bits per heavy atom. The first-order chi connectivity index (χ1) is 7.70. The van der Waals surface area contributed by atoms with Gasteiger partial charge in [-0.05, 0) is 6.07 Å². The standard InChI is InChI=1S/C9H7ClF3NO3/c1-17-7-4(10)2-3(9(11,12)13)5(6(7)14)8(15)16/h2H,14H2,1H3,(H,15,16). The van der Waals surface area contributed by atoms with Crippen LogP contribution in [0.25, 0.3) is 0 Å². The van der Waals surface area contributed by atoms with Gasteiger partial charge in [0, 0.05) is 0 Å². The van der Waals surface area contributed by atoms with E-state index < -0.39 is 34.0 Å². The molecule has 17 heavy (non-hydrogen) atoms. The number of nitrogens with two attached hydrogens (primary N) is 1. The first-order valence-corrected chi connectivity index (χ1v) is 4.54. The highest BCUT2D eigenvalue weighted by Crippen LogP contribution is 2.42. The Morgan fingerprint density at radius 3 is 2.41 bits per heavy atom. The van der Waals surface area contributed by atoms with E-state index in [-0.39, 0.29) is 5.75 Å². The Balaban J connectivity index is 3.68. The monoisotopic (exact) mass is 269 g/mol. The zero-order valence-corrected chi connectivity index (χ0v) is 9.19. The van der Waals surface area contributed by atoms with Gasteiger partial charge in [0.25, 0.3) is 0 Å². The number of alkyl halides is 3. The Morgan fingerprint density at radius 1 is 1.53 bits per heavy atom. The molecule has 0 bridgehead atoms. The fourth-order valence-corrected chi connectivity index (χ4v) is 1.60. The van der Waals surface area contributed by atoms with Crippen molar-refractivity contribution in [2.24, 2.45) is 0 Å². The number of nitrogen functional groups attached to an aromatic ring is 1. The van der Waals surface area contributed by atoms with Crippen LogP contribution in [0.3, 0.4) is 0 Å². The van der Waals surface area contributed by atoms with Gasteiger partial charge in [0.05, 0.1) is 28.9 Å². The average molecular weight is 270 g/mol. The second-order valence-electron chi connectivity index (χ2n) is 3.03. The second-order valence-corrected chi connectivity index (χ2v) is 3.44. The number of methoxy groups -OCH3 is 1. The number of rotatable bonds is 2. The highest BCUT2D eigenvalue weighted by molar-refractivity contribution is 6.33. The molecule has 0 radical (unpaired) electrons. The Hall–Kier alpha value is -1.63. The predicted octanol–water partition coefficient (Wildman–Crippen LogP) is 2.65. The number of hydrogen-bond acceptors (Lipinski definition) is 3. The molecule has 1 rings (SSSR count). The Labute approximate surface area is 98.7 Å². The molecule has 4 nitrogen and oxygen atoms in total. The van der Waals surface area contributed by atoms with E-state index in [9.17, 15) is 18.0 Å². The molecular formula is C9H7ClF3NO3.